The van der Waals surface area contributed by atoms with E-state index in [0.29, 0.717) is 54.7 Å². The number of urea groups is 1. The molecule has 0 unspecified atom stereocenters. The summed E-state index contributed by atoms with van der Waals surface area (Å²) in [4.78, 5) is 31.3. The van der Waals surface area contributed by atoms with Crippen molar-refractivity contribution in [2.24, 2.45) is 23.7 Å². The van der Waals surface area contributed by atoms with E-state index >= 15 is 0 Å². The van der Waals surface area contributed by atoms with Gasteiger partial charge in [-0.25, -0.2) is 9.18 Å². The Kier molecular flexibility index (Phi) is 9.38. The van der Waals surface area contributed by atoms with Crippen LogP contribution in [0, 0.1) is 36.4 Å². The fraction of sp³-hybridized carbons (Fsp3) is 0.576. The average molecular weight is 658 g/mol. The Hall–Kier alpha value is -3.35. The molecule has 0 radical (unpaired) electrons. The Bertz CT molecular complexity index is 1420. The summed E-state index contributed by atoms with van der Waals surface area (Å²) in [5.41, 5.74) is -1.90. The molecule has 0 spiro atoms. The molecule has 0 N–H and O–H groups in total. The van der Waals surface area contributed by atoms with Crippen molar-refractivity contribution >= 4 is 12.0 Å². The lowest BCUT2D eigenvalue weighted by molar-refractivity contribution is -0.156. The molecule has 252 valence electrons. The van der Waals surface area contributed by atoms with Gasteiger partial charge in [-0.1, -0.05) is 6.07 Å². The number of carbonyl (C=O) groups excluding carboxylic acids is 2. The van der Waals surface area contributed by atoms with Gasteiger partial charge in [0, 0.05) is 33.2 Å². The highest BCUT2D eigenvalue weighted by atomic mass is 19.4. The summed E-state index contributed by atoms with van der Waals surface area (Å²) < 4.78 is 100. The van der Waals surface area contributed by atoms with Crippen LogP contribution in [0.25, 0.3) is 0 Å². The number of carbonyl (C=O) groups is 2. The zero-order valence-corrected chi connectivity index (χ0v) is 26.1. The molecule has 3 saturated carbocycles. The van der Waals surface area contributed by atoms with Crippen molar-refractivity contribution < 1.29 is 45.1 Å². The molecule has 2 aromatic rings. The van der Waals surface area contributed by atoms with Crippen LogP contribution in [0.2, 0.25) is 0 Å². The maximum absolute atomic E-state index is 14.1. The number of ether oxygens (including phenoxy) is 1. The first kappa shape index (κ1) is 34.0. The highest BCUT2D eigenvalue weighted by molar-refractivity contribution is 5.76. The second-order valence-corrected chi connectivity index (χ2v) is 13.0. The average Bonchev–Trinajstić information content (AvgIpc) is 2.97. The minimum atomic E-state index is -5.02. The van der Waals surface area contributed by atoms with Gasteiger partial charge in [0.15, 0.2) is 0 Å². The lowest BCUT2D eigenvalue weighted by Gasteiger charge is -2.52. The third-order valence-electron chi connectivity index (χ3n) is 10.3. The lowest BCUT2D eigenvalue weighted by Crippen LogP contribution is -2.56. The van der Waals surface area contributed by atoms with Crippen LogP contribution >= 0.6 is 0 Å². The molecular weight excluding hydrogens is 619 g/mol. The van der Waals surface area contributed by atoms with Gasteiger partial charge >= 0.3 is 24.4 Å². The number of amides is 2. The summed E-state index contributed by atoms with van der Waals surface area (Å²) in [5.74, 6) is 0.332. The first-order valence-corrected chi connectivity index (χ1v) is 15.4. The number of methoxy groups -OCH3 is 1. The summed E-state index contributed by atoms with van der Waals surface area (Å²) in [6, 6.07) is 3.35. The van der Waals surface area contributed by atoms with Crippen molar-refractivity contribution in [3.05, 3.63) is 70.0 Å². The predicted molar refractivity (Wildman–Crippen MR) is 155 cm³/mol. The molecule has 4 atom stereocenters. The SMILES string of the molecule is COC(=O)[C@@H]1C[C@H](CN2CCN(C(=O)N(C)[C@H](C)c3cc(C(F)(F)F)cc(C(F)(F)F)c3)[C@@H](c3ccc(F)cc3C)C2)C2CC1C2. The Morgan fingerprint density at radius 2 is 1.59 bits per heavy atom. The van der Waals surface area contributed by atoms with Gasteiger partial charge in [0.05, 0.1) is 36.2 Å². The molecule has 2 amide bonds. The highest BCUT2D eigenvalue weighted by Gasteiger charge is 2.49. The molecule has 2 aromatic carbocycles. The molecule has 3 aliphatic carbocycles. The topological polar surface area (TPSA) is 53.1 Å². The summed E-state index contributed by atoms with van der Waals surface area (Å²) in [5, 5.41) is 0. The standard InChI is InChI=1S/C33H38F7N3O3/c1-18-9-26(34)5-6-27(18)29-17-42(16-23-14-28(30(44)46-4)22-10-21(23)11-22)7-8-43(29)31(45)41(3)19(2)20-12-24(32(35,36)37)15-25(13-20)33(38,39)40/h5-6,9,12-13,15,19,21-23,28-29H,7-8,10-11,14,16-17H2,1-4H3/t19-,21?,22?,23-,28-,29-/m1/s1. The third-order valence-corrected chi connectivity index (χ3v) is 10.3. The van der Waals surface area contributed by atoms with Crippen LogP contribution in [0.3, 0.4) is 0 Å². The van der Waals surface area contributed by atoms with Gasteiger partial charge in [0.25, 0.3) is 0 Å². The number of benzene rings is 2. The van der Waals surface area contributed by atoms with E-state index < -0.39 is 47.4 Å². The van der Waals surface area contributed by atoms with Gasteiger partial charge in [-0.05, 0) is 97.9 Å². The van der Waals surface area contributed by atoms with Crippen molar-refractivity contribution in [2.45, 2.75) is 57.5 Å². The normalized spacial score (nSPS) is 25.9. The van der Waals surface area contributed by atoms with Crippen LogP contribution in [0.15, 0.2) is 36.4 Å². The van der Waals surface area contributed by atoms with Crippen LogP contribution in [-0.4, -0.2) is 67.0 Å². The summed E-state index contributed by atoms with van der Waals surface area (Å²) in [6.45, 7) is 4.90. The second kappa shape index (κ2) is 12.7. The van der Waals surface area contributed by atoms with E-state index in [1.54, 1.807) is 17.9 Å². The van der Waals surface area contributed by atoms with Gasteiger partial charge in [0.2, 0.25) is 0 Å². The fourth-order valence-corrected chi connectivity index (χ4v) is 7.45. The largest absolute Gasteiger partial charge is 0.469 e. The zero-order chi connectivity index (χ0) is 33.7. The van der Waals surface area contributed by atoms with Crippen LogP contribution in [-0.2, 0) is 21.9 Å². The molecule has 0 aromatic heterocycles. The Labute approximate surface area is 263 Å². The number of halogens is 7. The minimum Gasteiger partial charge on any atom is -0.469 e. The van der Waals surface area contributed by atoms with E-state index in [0.717, 1.165) is 24.2 Å². The van der Waals surface area contributed by atoms with Crippen molar-refractivity contribution in [1.82, 2.24) is 14.7 Å². The fourth-order valence-electron chi connectivity index (χ4n) is 7.45. The van der Waals surface area contributed by atoms with E-state index in [-0.39, 0.29) is 36.0 Å². The number of rotatable bonds is 6. The van der Waals surface area contributed by atoms with Gasteiger partial charge in [0.1, 0.15) is 5.82 Å². The molecule has 13 heteroatoms. The van der Waals surface area contributed by atoms with E-state index in [9.17, 15) is 40.3 Å². The number of nitrogens with zero attached hydrogens (tertiary/aromatic N) is 3. The molecule has 6 rings (SSSR count). The summed E-state index contributed by atoms with van der Waals surface area (Å²) in [6.07, 6.45) is -7.38. The molecule has 1 saturated heterocycles. The van der Waals surface area contributed by atoms with Crippen LogP contribution in [0.1, 0.15) is 66.1 Å². The molecule has 4 fully saturated rings. The van der Waals surface area contributed by atoms with E-state index in [2.05, 4.69) is 4.90 Å². The molecule has 6 nitrogen and oxygen atoms in total. The summed E-state index contributed by atoms with van der Waals surface area (Å²) >= 11 is 0. The molecule has 2 bridgehead atoms. The van der Waals surface area contributed by atoms with Gasteiger partial charge in [-0.15, -0.1) is 0 Å². The maximum atomic E-state index is 14.1. The third kappa shape index (κ3) is 6.84. The van der Waals surface area contributed by atoms with Crippen LogP contribution in [0.5, 0.6) is 0 Å². The Morgan fingerprint density at radius 3 is 2.15 bits per heavy atom. The Balaban J connectivity index is 1.39. The van der Waals surface area contributed by atoms with Gasteiger partial charge < -0.3 is 14.5 Å². The maximum Gasteiger partial charge on any atom is 0.416 e. The van der Waals surface area contributed by atoms with Crippen molar-refractivity contribution in [2.75, 3.05) is 40.3 Å². The number of piperazine rings is 1. The van der Waals surface area contributed by atoms with Gasteiger partial charge in [-0.2, -0.15) is 26.3 Å². The van der Waals surface area contributed by atoms with Crippen LogP contribution in [0.4, 0.5) is 35.5 Å². The smallest absolute Gasteiger partial charge is 0.416 e. The van der Waals surface area contributed by atoms with Crippen molar-refractivity contribution in [3.63, 3.8) is 0 Å². The molecule has 46 heavy (non-hydrogen) atoms. The summed E-state index contributed by atoms with van der Waals surface area (Å²) in [7, 11) is 2.75. The zero-order valence-electron chi connectivity index (χ0n) is 26.1. The number of aryl methyl sites for hydroxylation is 1. The molecule has 4 aliphatic rings. The van der Waals surface area contributed by atoms with Crippen molar-refractivity contribution in [3.8, 4) is 0 Å². The predicted octanol–water partition coefficient (Wildman–Crippen LogP) is 7.48. The highest BCUT2D eigenvalue weighted by Crippen LogP contribution is 2.53. The van der Waals surface area contributed by atoms with Crippen LogP contribution < -0.4 is 0 Å². The molecule has 1 aliphatic heterocycles. The first-order valence-electron chi connectivity index (χ1n) is 15.4. The number of hydrogen-bond donors (Lipinski definition) is 0. The number of esters is 1. The molecule has 1 heterocycles. The number of alkyl halides is 6. The van der Waals surface area contributed by atoms with E-state index in [4.69, 9.17) is 4.74 Å². The van der Waals surface area contributed by atoms with E-state index in [1.165, 1.54) is 33.2 Å². The quantitative estimate of drug-likeness (QED) is 0.239. The Morgan fingerprint density at radius 1 is 0.957 bits per heavy atom. The van der Waals surface area contributed by atoms with E-state index in [1.807, 2.05) is 0 Å². The number of hydrogen-bond acceptors (Lipinski definition) is 4. The first-order chi connectivity index (χ1) is 21.5. The van der Waals surface area contributed by atoms with Crippen molar-refractivity contribution in [1.29, 1.82) is 0 Å². The monoisotopic (exact) mass is 657 g/mol. The molecular formula is C33H38F7N3O3. The lowest BCUT2D eigenvalue weighted by atomic mass is 9.55. The second-order valence-electron chi connectivity index (χ2n) is 13.0. The van der Waals surface area contributed by atoms with Gasteiger partial charge in [-0.3, -0.25) is 9.69 Å². The number of fused-ring (bicyclic) bond motifs is 2. The minimum absolute atomic E-state index is 0.0636.